The van der Waals surface area contributed by atoms with Crippen LogP contribution in [0.3, 0.4) is 0 Å². The Morgan fingerprint density at radius 1 is 1.31 bits per heavy atom. The van der Waals surface area contributed by atoms with Crippen LogP contribution in [0.4, 0.5) is 13.2 Å². The molecule has 0 aliphatic heterocycles. The van der Waals surface area contributed by atoms with E-state index in [2.05, 4.69) is 4.98 Å². The molecule has 0 amide bonds. The van der Waals surface area contributed by atoms with E-state index in [1.807, 2.05) is 0 Å². The number of rotatable bonds is 4. The Bertz CT molecular complexity index is 864. The predicted molar refractivity (Wildman–Crippen MR) is 90.1 cm³/mol. The summed E-state index contributed by atoms with van der Waals surface area (Å²) in [5.41, 5.74) is -3.36. The molecule has 0 radical (unpaired) electrons. The minimum absolute atomic E-state index is 0.00610. The summed E-state index contributed by atoms with van der Waals surface area (Å²) >= 11 is 6.11. The number of hydrogen-bond donors (Lipinski definition) is 1. The number of hydrogen-bond acceptors (Lipinski definition) is 4. The fourth-order valence-electron chi connectivity index (χ4n) is 2.77. The first kappa shape index (κ1) is 20.0. The second kappa shape index (κ2) is 7.14. The van der Waals surface area contributed by atoms with Gasteiger partial charge >= 0.3 is 6.18 Å². The molecule has 1 heterocycles. The summed E-state index contributed by atoms with van der Waals surface area (Å²) in [6.45, 7) is 2.69. The zero-order chi connectivity index (χ0) is 19.7. The van der Waals surface area contributed by atoms with Gasteiger partial charge in [-0.05, 0) is 36.2 Å². The average Bonchev–Trinajstić information content (AvgIpc) is 2.59. The third-order valence-electron chi connectivity index (χ3n) is 4.36. The summed E-state index contributed by atoms with van der Waals surface area (Å²) in [6.07, 6.45) is -4.13. The Morgan fingerprint density at radius 2 is 1.96 bits per heavy atom. The van der Waals surface area contributed by atoms with Crippen molar-refractivity contribution in [2.24, 2.45) is 0 Å². The van der Waals surface area contributed by atoms with Crippen molar-refractivity contribution in [2.45, 2.75) is 31.5 Å². The van der Waals surface area contributed by atoms with E-state index in [9.17, 15) is 18.3 Å². The Kier molecular flexibility index (Phi) is 5.49. The fourth-order valence-corrected chi connectivity index (χ4v) is 3.10. The van der Waals surface area contributed by atoms with Crippen LogP contribution in [-0.2, 0) is 5.60 Å². The van der Waals surface area contributed by atoms with Gasteiger partial charge in [-0.1, -0.05) is 24.6 Å². The lowest BCUT2D eigenvalue weighted by atomic mass is 9.78. The zero-order valence-electron chi connectivity index (χ0n) is 14.2. The molecular weight excluding hydrogens is 369 g/mol. The summed E-state index contributed by atoms with van der Waals surface area (Å²) in [7, 11) is 1.41. The molecule has 138 valence electrons. The van der Waals surface area contributed by atoms with E-state index in [4.69, 9.17) is 21.6 Å². The van der Waals surface area contributed by atoms with Gasteiger partial charge in [0.05, 0.1) is 7.11 Å². The van der Waals surface area contributed by atoms with Gasteiger partial charge < -0.3 is 9.84 Å². The van der Waals surface area contributed by atoms with E-state index in [1.165, 1.54) is 39.2 Å². The highest BCUT2D eigenvalue weighted by molar-refractivity contribution is 6.31. The summed E-state index contributed by atoms with van der Waals surface area (Å²) in [5, 5.41) is 19.7. The zero-order valence-corrected chi connectivity index (χ0v) is 15.0. The molecule has 4 nitrogen and oxygen atoms in total. The van der Waals surface area contributed by atoms with Gasteiger partial charge in [0.25, 0.3) is 0 Å². The van der Waals surface area contributed by atoms with Gasteiger partial charge in [-0.15, -0.1) is 0 Å². The second-order valence-electron chi connectivity index (χ2n) is 5.87. The standard InChI is InChI=1S/C18H16ClF3N2O2/c1-10-6-12(9-24-16(10)8-23)17(25,18(20,21)22)11(2)14-5-4-13(26-3)7-15(14)19/h4-7,9,11,25H,1-3H3. The fraction of sp³-hybridized carbons (Fsp3) is 0.333. The largest absolute Gasteiger partial charge is 0.497 e. The number of aliphatic hydroxyl groups is 1. The summed E-state index contributed by atoms with van der Waals surface area (Å²) in [5.74, 6) is -1.05. The Hall–Kier alpha value is -2.30. The van der Waals surface area contributed by atoms with Crippen LogP contribution in [0, 0.1) is 18.3 Å². The Morgan fingerprint density at radius 3 is 2.42 bits per heavy atom. The van der Waals surface area contributed by atoms with Crippen LogP contribution < -0.4 is 4.74 Å². The van der Waals surface area contributed by atoms with Crippen LogP contribution in [0.5, 0.6) is 5.75 Å². The van der Waals surface area contributed by atoms with Crippen molar-refractivity contribution < 1.29 is 23.0 Å². The van der Waals surface area contributed by atoms with Crippen molar-refractivity contribution in [1.82, 2.24) is 4.98 Å². The molecule has 1 aromatic heterocycles. The third kappa shape index (κ3) is 3.35. The molecule has 1 aromatic carbocycles. The molecule has 1 N–H and O–H groups in total. The molecule has 0 aliphatic carbocycles. The summed E-state index contributed by atoms with van der Waals surface area (Å²) in [6, 6.07) is 7.14. The van der Waals surface area contributed by atoms with E-state index in [0.29, 0.717) is 5.75 Å². The molecule has 0 aliphatic rings. The van der Waals surface area contributed by atoms with Crippen molar-refractivity contribution in [2.75, 3.05) is 7.11 Å². The molecule has 8 heteroatoms. The maximum atomic E-state index is 13.9. The molecule has 2 rings (SSSR count). The minimum atomic E-state index is -5.00. The maximum Gasteiger partial charge on any atom is 0.422 e. The van der Waals surface area contributed by atoms with E-state index in [0.717, 1.165) is 12.3 Å². The first-order chi connectivity index (χ1) is 12.1. The first-order valence-electron chi connectivity index (χ1n) is 7.56. The van der Waals surface area contributed by atoms with Gasteiger partial charge in [-0.2, -0.15) is 18.4 Å². The van der Waals surface area contributed by atoms with Crippen LogP contribution >= 0.6 is 11.6 Å². The SMILES string of the molecule is COc1ccc(C(C)C(O)(c2cnc(C#N)c(C)c2)C(F)(F)F)c(Cl)c1. The van der Waals surface area contributed by atoms with Crippen LogP contribution in [-0.4, -0.2) is 23.4 Å². The minimum Gasteiger partial charge on any atom is -0.497 e. The number of methoxy groups -OCH3 is 1. The van der Waals surface area contributed by atoms with Crippen LogP contribution in [0.1, 0.15) is 35.2 Å². The lowest BCUT2D eigenvalue weighted by Crippen LogP contribution is -2.46. The molecule has 0 bridgehead atoms. The van der Waals surface area contributed by atoms with Crippen molar-refractivity contribution >= 4 is 11.6 Å². The van der Waals surface area contributed by atoms with Crippen molar-refractivity contribution in [1.29, 1.82) is 5.26 Å². The molecular formula is C18H16ClF3N2O2. The smallest absolute Gasteiger partial charge is 0.422 e. The lowest BCUT2D eigenvalue weighted by Gasteiger charge is -2.37. The number of halogens is 4. The molecule has 0 saturated carbocycles. The maximum absolute atomic E-state index is 13.9. The van der Waals surface area contributed by atoms with E-state index >= 15 is 0 Å². The molecule has 0 spiro atoms. The van der Waals surface area contributed by atoms with E-state index in [-0.39, 0.29) is 21.8 Å². The lowest BCUT2D eigenvalue weighted by molar-refractivity contribution is -0.274. The number of benzene rings is 1. The van der Waals surface area contributed by atoms with Crippen molar-refractivity contribution in [3.63, 3.8) is 0 Å². The second-order valence-corrected chi connectivity index (χ2v) is 6.28. The number of ether oxygens (including phenoxy) is 1. The molecule has 26 heavy (non-hydrogen) atoms. The molecule has 0 saturated heterocycles. The van der Waals surface area contributed by atoms with Crippen molar-refractivity contribution in [3.8, 4) is 11.8 Å². The Balaban J connectivity index is 2.64. The normalized spacial score (nSPS) is 15.0. The van der Waals surface area contributed by atoms with Gasteiger partial charge in [0.1, 0.15) is 17.5 Å². The van der Waals surface area contributed by atoms with Crippen LogP contribution in [0.25, 0.3) is 0 Å². The Labute approximate surface area is 153 Å². The van der Waals surface area contributed by atoms with Gasteiger partial charge in [-0.25, -0.2) is 4.98 Å². The van der Waals surface area contributed by atoms with E-state index in [1.54, 1.807) is 6.07 Å². The van der Waals surface area contributed by atoms with Crippen LogP contribution in [0.2, 0.25) is 5.02 Å². The number of aromatic nitrogens is 1. The van der Waals surface area contributed by atoms with Gasteiger partial charge in [-0.3, -0.25) is 0 Å². The average molecular weight is 385 g/mol. The summed E-state index contributed by atoms with van der Waals surface area (Å²) in [4.78, 5) is 3.73. The monoisotopic (exact) mass is 384 g/mol. The van der Waals surface area contributed by atoms with E-state index < -0.39 is 23.3 Å². The molecule has 2 aromatic rings. The molecule has 2 atom stereocenters. The summed E-state index contributed by atoms with van der Waals surface area (Å²) < 4.78 is 46.7. The topological polar surface area (TPSA) is 66.1 Å². The highest BCUT2D eigenvalue weighted by Gasteiger charge is 2.59. The number of pyridine rings is 1. The van der Waals surface area contributed by atoms with Gasteiger partial charge in [0, 0.05) is 22.7 Å². The predicted octanol–water partition coefficient (Wildman–Crippen LogP) is 4.48. The van der Waals surface area contributed by atoms with Crippen molar-refractivity contribution in [3.05, 3.63) is 57.9 Å². The number of alkyl halides is 3. The molecule has 0 fully saturated rings. The van der Waals surface area contributed by atoms with Gasteiger partial charge in [0.15, 0.2) is 5.60 Å². The highest BCUT2D eigenvalue weighted by Crippen LogP contribution is 2.50. The molecule has 2 unspecified atom stereocenters. The highest BCUT2D eigenvalue weighted by atomic mass is 35.5. The van der Waals surface area contributed by atoms with Gasteiger partial charge in [0.2, 0.25) is 0 Å². The number of nitriles is 1. The number of nitrogens with zero attached hydrogens (tertiary/aromatic N) is 2. The number of aryl methyl sites for hydroxylation is 1. The van der Waals surface area contributed by atoms with Crippen LogP contribution in [0.15, 0.2) is 30.5 Å². The quantitative estimate of drug-likeness (QED) is 0.844. The first-order valence-corrected chi connectivity index (χ1v) is 7.93. The third-order valence-corrected chi connectivity index (χ3v) is 4.68.